The van der Waals surface area contributed by atoms with Crippen molar-refractivity contribution in [3.05, 3.63) is 66.2 Å². The van der Waals surface area contributed by atoms with E-state index >= 15 is 0 Å². The maximum atomic E-state index is 13.3. The van der Waals surface area contributed by atoms with E-state index in [-0.39, 0.29) is 17.2 Å². The lowest BCUT2D eigenvalue weighted by atomic mass is 10.1. The number of thioether (sulfide) groups is 1. The van der Waals surface area contributed by atoms with Crippen molar-refractivity contribution in [3.63, 3.8) is 0 Å². The summed E-state index contributed by atoms with van der Waals surface area (Å²) in [6, 6.07) is 19.9. The minimum absolute atomic E-state index is 0.0529. The third-order valence-electron chi connectivity index (χ3n) is 4.53. The van der Waals surface area contributed by atoms with Crippen LogP contribution in [0.25, 0.3) is 0 Å². The number of hydrogen-bond donors (Lipinski definition) is 1. The maximum Gasteiger partial charge on any atom is 0.317 e. The largest absolute Gasteiger partial charge is 0.338 e. The van der Waals surface area contributed by atoms with Gasteiger partial charge in [0.2, 0.25) is 5.91 Å². The zero-order chi connectivity index (χ0) is 19.1. The Morgan fingerprint density at radius 3 is 2.07 bits per heavy atom. The number of carbonyl (C=O) groups is 2. The van der Waals surface area contributed by atoms with E-state index in [9.17, 15) is 9.59 Å². The molecule has 142 valence electrons. The van der Waals surface area contributed by atoms with Gasteiger partial charge in [-0.15, -0.1) is 11.8 Å². The summed E-state index contributed by atoms with van der Waals surface area (Å²) < 4.78 is 0. The summed E-state index contributed by atoms with van der Waals surface area (Å²) in [4.78, 5) is 30.0. The fourth-order valence-corrected chi connectivity index (χ4v) is 4.21. The lowest BCUT2D eigenvalue weighted by molar-refractivity contribution is -0.132. The summed E-state index contributed by atoms with van der Waals surface area (Å²) in [5.74, 6) is 0.102. The van der Waals surface area contributed by atoms with Crippen molar-refractivity contribution in [1.29, 1.82) is 0 Å². The van der Waals surface area contributed by atoms with Crippen LogP contribution in [0.2, 0.25) is 0 Å². The van der Waals surface area contributed by atoms with Gasteiger partial charge in [0, 0.05) is 37.6 Å². The Labute approximate surface area is 164 Å². The standard InChI is InChI=1S/C21H25N3O2S/c1-2-22-21(26)24-15-13-23(14-16-24)20(25)19(17-9-5-3-6-10-17)27-18-11-7-4-8-12-18/h3-12,19H,2,13-16H2,1H3,(H,22,26). The minimum Gasteiger partial charge on any atom is -0.338 e. The summed E-state index contributed by atoms with van der Waals surface area (Å²) in [7, 11) is 0. The quantitative estimate of drug-likeness (QED) is 0.805. The smallest absolute Gasteiger partial charge is 0.317 e. The Morgan fingerprint density at radius 2 is 1.48 bits per heavy atom. The highest BCUT2D eigenvalue weighted by molar-refractivity contribution is 8.00. The van der Waals surface area contributed by atoms with Gasteiger partial charge in [-0.25, -0.2) is 4.79 Å². The SMILES string of the molecule is CCNC(=O)N1CCN(C(=O)C(Sc2ccccc2)c2ccccc2)CC1. The number of benzene rings is 2. The predicted octanol–water partition coefficient (Wildman–Crippen LogP) is 3.39. The first-order valence-electron chi connectivity index (χ1n) is 9.27. The topological polar surface area (TPSA) is 52.7 Å². The molecular weight excluding hydrogens is 358 g/mol. The molecule has 5 nitrogen and oxygen atoms in total. The van der Waals surface area contributed by atoms with Gasteiger partial charge in [0.05, 0.1) is 0 Å². The number of amides is 3. The molecule has 1 heterocycles. The molecule has 1 saturated heterocycles. The molecule has 6 heteroatoms. The van der Waals surface area contributed by atoms with Gasteiger partial charge in [-0.3, -0.25) is 4.79 Å². The first-order chi connectivity index (χ1) is 13.2. The highest BCUT2D eigenvalue weighted by Crippen LogP contribution is 2.36. The first-order valence-corrected chi connectivity index (χ1v) is 10.1. The van der Waals surface area contributed by atoms with Crippen LogP contribution in [0.5, 0.6) is 0 Å². The van der Waals surface area contributed by atoms with E-state index in [4.69, 9.17) is 0 Å². The summed E-state index contributed by atoms with van der Waals surface area (Å²) >= 11 is 1.57. The van der Waals surface area contributed by atoms with Gasteiger partial charge < -0.3 is 15.1 Å². The normalized spacial score (nSPS) is 15.3. The van der Waals surface area contributed by atoms with Crippen molar-refractivity contribution < 1.29 is 9.59 Å². The highest BCUT2D eigenvalue weighted by Gasteiger charge is 2.30. The number of piperazine rings is 1. The molecular formula is C21H25N3O2S. The van der Waals surface area contributed by atoms with Crippen LogP contribution >= 0.6 is 11.8 Å². The van der Waals surface area contributed by atoms with E-state index in [0.717, 1.165) is 10.5 Å². The lowest BCUT2D eigenvalue weighted by Gasteiger charge is -2.36. The molecule has 2 aromatic carbocycles. The zero-order valence-electron chi connectivity index (χ0n) is 15.5. The second-order valence-electron chi connectivity index (χ2n) is 6.37. The van der Waals surface area contributed by atoms with Gasteiger partial charge in [0.25, 0.3) is 0 Å². The molecule has 0 bridgehead atoms. The number of urea groups is 1. The van der Waals surface area contributed by atoms with Crippen molar-refractivity contribution in [2.45, 2.75) is 17.1 Å². The van der Waals surface area contributed by atoms with Crippen molar-refractivity contribution in [2.24, 2.45) is 0 Å². The first kappa shape index (κ1) is 19.3. The maximum absolute atomic E-state index is 13.3. The average Bonchev–Trinajstić information content (AvgIpc) is 2.73. The molecule has 1 aliphatic heterocycles. The Morgan fingerprint density at radius 1 is 0.926 bits per heavy atom. The van der Waals surface area contributed by atoms with Crippen LogP contribution < -0.4 is 5.32 Å². The zero-order valence-corrected chi connectivity index (χ0v) is 16.3. The molecule has 0 aromatic heterocycles. The molecule has 1 aliphatic rings. The minimum atomic E-state index is -0.287. The number of hydrogen-bond acceptors (Lipinski definition) is 3. The van der Waals surface area contributed by atoms with Crippen LogP contribution in [0.15, 0.2) is 65.6 Å². The summed E-state index contributed by atoms with van der Waals surface area (Å²) in [5, 5.41) is 2.53. The molecule has 0 spiro atoms. The Balaban J connectivity index is 1.71. The second-order valence-corrected chi connectivity index (χ2v) is 7.55. The average molecular weight is 384 g/mol. The Bertz CT molecular complexity index is 747. The van der Waals surface area contributed by atoms with E-state index < -0.39 is 0 Å². The number of rotatable bonds is 5. The van der Waals surface area contributed by atoms with E-state index in [2.05, 4.69) is 5.32 Å². The van der Waals surface area contributed by atoms with Gasteiger partial charge in [-0.05, 0) is 24.6 Å². The fourth-order valence-electron chi connectivity index (χ4n) is 3.08. The van der Waals surface area contributed by atoms with Crippen molar-refractivity contribution in [3.8, 4) is 0 Å². The molecule has 0 radical (unpaired) electrons. The van der Waals surface area contributed by atoms with Crippen LogP contribution in [-0.2, 0) is 4.79 Å². The van der Waals surface area contributed by atoms with Crippen LogP contribution in [-0.4, -0.2) is 54.5 Å². The van der Waals surface area contributed by atoms with Crippen LogP contribution in [0.1, 0.15) is 17.7 Å². The summed E-state index contributed by atoms with van der Waals surface area (Å²) in [6.45, 7) is 4.78. The highest BCUT2D eigenvalue weighted by atomic mass is 32.2. The molecule has 0 saturated carbocycles. The third-order valence-corrected chi connectivity index (χ3v) is 5.78. The lowest BCUT2D eigenvalue weighted by Crippen LogP contribution is -2.53. The summed E-state index contributed by atoms with van der Waals surface area (Å²) in [6.07, 6.45) is 0. The van der Waals surface area contributed by atoms with E-state index in [0.29, 0.717) is 32.7 Å². The third kappa shape index (κ3) is 5.04. The molecule has 1 fully saturated rings. The molecule has 2 aromatic rings. The van der Waals surface area contributed by atoms with Gasteiger partial charge in [-0.1, -0.05) is 48.5 Å². The van der Waals surface area contributed by atoms with Gasteiger partial charge in [-0.2, -0.15) is 0 Å². The molecule has 27 heavy (non-hydrogen) atoms. The van der Waals surface area contributed by atoms with Crippen molar-refractivity contribution >= 4 is 23.7 Å². The monoisotopic (exact) mass is 383 g/mol. The molecule has 0 aliphatic carbocycles. The number of nitrogens with zero attached hydrogens (tertiary/aromatic N) is 2. The molecule has 1 atom stereocenters. The molecule has 1 N–H and O–H groups in total. The van der Waals surface area contributed by atoms with Gasteiger partial charge in [0.15, 0.2) is 0 Å². The number of carbonyl (C=O) groups excluding carboxylic acids is 2. The van der Waals surface area contributed by atoms with E-state index in [1.54, 1.807) is 16.7 Å². The summed E-state index contributed by atoms with van der Waals surface area (Å²) in [5.41, 5.74) is 1.00. The van der Waals surface area contributed by atoms with Crippen molar-refractivity contribution in [2.75, 3.05) is 32.7 Å². The van der Waals surface area contributed by atoms with Gasteiger partial charge in [0.1, 0.15) is 5.25 Å². The van der Waals surface area contributed by atoms with Crippen LogP contribution in [0.3, 0.4) is 0 Å². The van der Waals surface area contributed by atoms with Crippen LogP contribution in [0.4, 0.5) is 4.79 Å². The van der Waals surface area contributed by atoms with Crippen molar-refractivity contribution in [1.82, 2.24) is 15.1 Å². The number of nitrogens with one attached hydrogen (secondary N) is 1. The van der Waals surface area contributed by atoms with Crippen LogP contribution in [0, 0.1) is 0 Å². The molecule has 3 amide bonds. The van der Waals surface area contributed by atoms with E-state index in [1.165, 1.54) is 0 Å². The fraction of sp³-hybridized carbons (Fsp3) is 0.333. The predicted molar refractivity (Wildman–Crippen MR) is 109 cm³/mol. The van der Waals surface area contributed by atoms with Gasteiger partial charge >= 0.3 is 6.03 Å². The Kier molecular flexibility index (Phi) is 6.76. The van der Waals surface area contributed by atoms with E-state index in [1.807, 2.05) is 72.5 Å². The molecule has 1 unspecified atom stereocenters. The second kappa shape index (κ2) is 9.46. The Hall–Kier alpha value is -2.47. The molecule has 3 rings (SSSR count).